The van der Waals surface area contributed by atoms with Crippen LogP contribution in [0.4, 0.5) is 21.1 Å². The Morgan fingerprint density at radius 3 is 2.49 bits per heavy atom. The number of aromatic nitrogens is 4. The largest absolute Gasteiger partial charge is 0.448 e. The van der Waals surface area contributed by atoms with Crippen LogP contribution in [-0.2, 0) is 9.47 Å². The Morgan fingerprint density at radius 2 is 1.79 bits per heavy atom. The average molecular weight is 538 g/mol. The summed E-state index contributed by atoms with van der Waals surface area (Å²) in [7, 11) is 3.40. The number of anilines is 2. The molecule has 2 fully saturated rings. The number of fused-ring (bicyclic) bond motifs is 1. The smallest absolute Gasteiger partial charge is 0.409 e. The molecule has 2 aliphatic heterocycles. The lowest BCUT2D eigenvalue weighted by molar-refractivity contribution is 0.0888. The van der Waals surface area contributed by atoms with Crippen molar-refractivity contribution >= 4 is 34.7 Å². The molecule has 3 amide bonds. The van der Waals surface area contributed by atoms with Gasteiger partial charge in [0.15, 0.2) is 11.5 Å². The molecule has 1 aromatic carbocycles. The summed E-state index contributed by atoms with van der Waals surface area (Å²) in [5, 5.41) is 13.9. The first-order valence-electron chi connectivity index (χ1n) is 13.3. The minimum Gasteiger partial charge on any atom is -0.448 e. The fourth-order valence-electron chi connectivity index (χ4n) is 4.84. The lowest BCUT2D eigenvalue weighted by Crippen LogP contribution is -2.40. The normalized spacial score (nSPS) is 16.4. The van der Waals surface area contributed by atoms with Crippen LogP contribution in [0, 0.1) is 0 Å². The van der Waals surface area contributed by atoms with Crippen LogP contribution in [0.25, 0.3) is 22.4 Å². The SMILES string of the molecule is CNCCOC(=O)N1CCC(n2ncc3c(N4CCOCC4)nc(-c4ccc(NC(=O)NC)cc4)nc32)CC1. The summed E-state index contributed by atoms with van der Waals surface area (Å²) in [5.74, 6) is 1.42. The lowest BCUT2D eigenvalue weighted by atomic mass is 10.1. The highest BCUT2D eigenvalue weighted by atomic mass is 16.6. The summed E-state index contributed by atoms with van der Waals surface area (Å²) < 4.78 is 12.9. The Morgan fingerprint density at radius 1 is 1.05 bits per heavy atom. The van der Waals surface area contributed by atoms with E-state index in [2.05, 4.69) is 20.9 Å². The van der Waals surface area contributed by atoms with Gasteiger partial charge in [0.1, 0.15) is 12.4 Å². The first kappa shape index (κ1) is 26.6. The van der Waals surface area contributed by atoms with E-state index in [9.17, 15) is 9.59 Å². The van der Waals surface area contributed by atoms with Crippen LogP contribution in [0.1, 0.15) is 18.9 Å². The molecule has 0 aliphatic carbocycles. The fourth-order valence-corrected chi connectivity index (χ4v) is 4.84. The second kappa shape index (κ2) is 12.3. The van der Waals surface area contributed by atoms with Crippen molar-refractivity contribution in [2.45, 2.75) is 18.9 Å². The van der Waals surface area contributed by atoms with Crippen molar-refractivity contribution in [1.82, 2.24) is 35.3 Å². The number of piperidine rings is 1. The van der Waals surface area contributed by atoms with Gasteiger partial charge in [-0.1, -0.05) is 0 Å². The van der Waals surface area contributed by atoms with E-state index in [0.717, 1.165) is 48.3 Å². The maximum absolute atomic E-state index is 12.4. The molecule has 13 heteroatoms. The molecule has 2 saturated heterocycles. The standard InChI is InChI=1S/C26H35N9O4/c1-27-9-14-39-26(37)34-10-7-20(8-11-34)35-24-21(17-29-35)23(33-12-15-38-16-13-33)31-22(32-24)18-3-5-19(6-4-18)30-25(36)28-2/h3-6,17,20,27H,7-16H2,1-2H3,(H2,28,30,36). The summed E-state index contributed by atoms with van der Waals surface area (Å²) in [6.07, 6.45) is 3.08. The third-order valence-corrected chi connectivity index (χ3v) is 7.02. The maximum atomic E-state index is 12.4. The quantitative estimate of drug-likeness (QED) is 0.387. The van der Waals surface area contributed by atoms with Crippen molar-refractivity contribution in [1.29, 1.82) is 0 Å². The second-order valence-electron chi connectivity index (χ2n) is 9.51. The highest BCUT2D eigenvalue weighted by molar-refractivity contribution is 5.90. The number of amides is 3. The molecule has 0 bridgehead atoms. The van der Waals surface area contributed by atoms with Gasteiger partial charge in [0.25, 0.3) is 0 Å². The number of hydrogen-bond donors (Lipinski definition) is 3. The van der Waals surface area contributed by atoms with Crippen LogP contribution in [-0.4, -0.2) is 103 Å². The van der Waals surface area contributed by atoms with E-state index in [4.69, 9.17) is 24.5 Å². The van der Waals surface area contributed by atoms with E-state index < -0.39 is 0 Å². The monoisotopic (exact) mass is 537 g/mol. The van der Waals surface area contributed by atoms with Crippen LogP contribution in [0.15, 0.2) is 30.5 Å². The number of nitrogens with zero attached hydrogens (tertiary/aromatic N) is 6. The molecule has 39 heavy (non-hydrogen) atoms. The zero-order valence-corrected chi connectivity index (χ0v) is 22.4. The van der Waals surface area contributed by atoms with Gasteiger partial charge < -0.3 is 35.2 Å². The Kier molecular flexibility index (Phi) is 8.37. The van der Waals surface area contributed by atoms with Crippen LogP contribution in [0.5, 0.6) is 0 Å². The van der Waals surface area contributed by atoms with Gasteiger partial charge in [-0.3, -0.25) is 0 Å². The first-order chi connectivity index (χ1) is 19.1. The molecule has 208 valence electrons. The van der Waals surface area contributed by atoms with Gasteiger partial charge in [0.05, 0.1) is 30.8 Å². The van der Waals surface area contributed by atoms with Crippen molar-refractivity contribution in [2.24, 2.45) is 0 Å². The number of nitrogens with one attached hydrogen (secondary N) is 3. The predicted octanol–water partition coefficient (Wildman–Crippen LogP) is 2.07. The van der Waals surface area contributed by atoms with Crippen LogP contribution in [0.2, 0.25) is 0 Å². The third kappa shape index (κ3) is 6.04. The summed E-state index contributed by atoms with van der Waals surface area (Å²) >= 11 is 0. The molecule has 0 spiro atoms. The topological polar surface area (TPSA) is 139 Å². The molecule has 0 unspecified atom stereocenters. The van der Waals surface area contributed by atoms with Gasteiger partial charge in [-0.15, -0.1) is 0 Å². The number of hydrogen-bond acceptors (Lipinski definition) is 9. The van der Waals surface area contributed by atoms with E-state index in [1.165, 1.54) is 0 Å². The molecule has 3 N–H and O–H groups in total. The molecule has 13 nitrogen and oxygen atoms in total. The molecular formula is C26H35N9O4. The fraction of sp³-hybridized carbons (Fsp3) is 0.500. The summed E-state index contributed by atoms with van der Waals surface area (Å²) in [4.78, 5) is 38.0. The second-order valence-corrected chi connectivity index (χ2v) is 9.51. The van der Waals surface area contributed by atoms with Gasteiger partial charge in [0, 0.05) is 51.0 Å². The van der Waals surface area contributed by atoms with E-state index in [0.29, 0.717) is 51.0 Å². The lowest BCUT2D eigenvalue weighted by Gasteiger charge is -2.31. The van der Waals surface area contributed by atoms with Crippen molar-refractivity contribution in [3.8, 4) is 11.4 Å². The van der Waals surface area contributed by atoms with Crippen LogP contribution < -0.4 is 20.9 Å². The van der Waals surface area contributed by atoms with Crippen molar-refractivity contribution in [3.05, 3.63) is 30.5 Å². The van der Waals surface area contributed by atoms with E-state index in [-0.39, 0.29) is 18.2 Å². The van der Waals surface area contributed by atoms with Crippen molar-refractivity contribution < 1.29 is 19.1 Å². The minimum absolute atomic E-state index is 0.100. The number of ether oxygens (including phenoxy) is 2. The van der Waals surface area contributed by atoms with Crippen molar-refractivity contribution in [2.75, 3.05) is 76.9 Å². The van der Waals surface area contributed by atoms with E-state index >= 15 is 0 Å². The van der Waals surface area contributed by atoms with Gasteiger partial charge in [-0.2, -0.15) is 5.10 Å². The molecule has 0 saturated carbocycles. The average Bonchev–Trinajstić information content (AvgIpc) is 3.41. The van der Waals surface area contributed by atoms with Gasteiger partial charge >= 0.3 is 12.1 Å². The molecule has 3 aromatic rings. The predicted molar refractivity (Wildman–Crippen MR) is 147 cm³/mol. The first-order valence-corrected chi connectivity index (χ1v) is 13.3. The zero-order chi connectivity index (χ0) is 27.2. The Hall–Kier alpha value is -3.97. The molecule has 4 heterocycles. The highest BCUT2D eigenvalue weighted by Gasteiger charge is 2.28. The molecule has 5 rings (SSSR count). The van der Waals surface area contributed by atoms with E-state index in [1.807, 2.05) is 42.2 Å². The van der Waals surface area contributed by atoms with Crippen LogP contribution >= 0.6 is 0 Å². The zero-order valence-electron chi connectivity index (χ0n) is 22.4. The van der Waals surface area contributed by atoms with Crippen molar-refractivity contribution in [3.63, 3.8) is 0 Å². The van der Waals surface area contributed by atoms with Gasteiger partial charge in [-0.05, 0) is 44.2 Å². The number of carbonyl (C=O) groups is 2. The highest BCUT2D eigenvalue weighted by Crippen LogP contribution is 2.32. The summed E-state index contributed by atoms with van der Waals surface area (Å²) in [5.41, 5.74) is 2.28. The molecule has 2 aliphatic rings. The number of likely N-dealkylation sites (tertiary alicyclic amines) is 1. The number of benzene rings is 1. The number of urea groups is 1. The van der Waals surface area contributed by atoms with E-state index in [1.54, 1.807) is 11.9 Å². The molecule has 2 aromatic heterocycles. The number of likely N-dealkylation sites (N-methyl/N-ethyl adjacent to an activating group) is 1. The van der Waals surface area contributed by atoms with Gasteiger partial charge in [-0.25, -0.2) is 24.2 Å². The maximum Gasteiger partial charge on any atom is 0.409 e. The number of carbonyl (C=O) groups excluding carboxylic acids is 2. The Balaban J connectivity index is 1.42. The molecular weight excluding hydrogens is 502 g/mol. The van der Waals surface area contributed by atoms with Crippen LogP contribution in [0.3, 0.4) is 0 Å². The Bertz CT molecular complexity index is 1280. The molecule has 0 atom stereocenters. The minimum atomic E-state index is -0.281. The summed E-state index contributed by atoms with van der Waals surface area (Å²) in [6, 6.07) is 7.27. The number of morpholine rings is 1. The summed E-state index contributed by atoms with van der Waals surface area (Å²) in [6.45, 7) is 4.92. The Labute approximate surface area is 226 Å². The van der Waals surface area contributed by atoms with Gasteiger partial charge in [0.2, 0.25) is 0 Å². The third-order valence-electron chi connectivity index (χ3n) is 7.02. The molecule has 0 radical (unpaired) electrons. The number of rotatable bonds is 7.